The molecule has 0 spiro atoms. The quantitative estimate of drug-likeness (QED) is 0.363. The third-order valence-electron chi connectivity index (χ3n) is 6.29. The van der Waals surface area contributed by atoms with Crippen molar-refractivity contribution in [1.82, 2.24) is 0 Å². The zero-order valence-corrected chi connectivity index (χ0v) is 19.8. The second-order valence-corrected chi connectivity index (χ2v) is 8.84. The highest BCUT2D eigenvalue weighted by Crippen LogP contribution is 2.47. The van der Waals surface area contributed by atoms with Crippen LogP contribution >= 0.6 is 0 Å². The summed E-state index contributed by atoms with van der Waals surface area (Å²) in [4.78, 5) is 1.92. The summed E-state index contributed by atoms with van der Waals surface area (Å²) in [6, 6.07) is 9.03. The fourth-order valence-electron chi connectivity index (χ4n) is 4.66. The highest BCUT2D eigenvalue weighted by molar-refractivity contribution is 5.59. The van der Waals surface area contributed by atoms with E-state index in [0.29, 0.717) is 28.3 Å². The Labute approximate surface area is 197 Å². The number of rotatable bonds is 7. The van der Waals surface area contributed by atoms with Gasteiger partial charge >= 0.3 is 0 Å². The largest absolute Gasteiger partial charge is 0.479 e. The number of aliphatic hydroxyl groups is 1. The number of nitrogen functional groups attached to an aromatic ring is 1. The summed E-state index contributed by atoms with van der Waals surface area (Å²) < 4.78 is 31.2. The van der Waals surface area contributed by atoms with Crippen molar-refractivity contribution >= 4 is 17.7 Å². The van der Waals surface area contributed by atoms with E-state index in [4.69, 9.17) is 19.9 Å². The predicted octanol–water partition coefficient (Wildman–Crippen LogP) is 3.12. The third-order valence-corrected chi connectivity index (χ3v) is 6.29. The molecule has 0 aliphatic carbocycles. The van der Waals surface area contributed by atoms with Crippen molar-refractivity contribution in [2.24, 2.45) is 15.4 Å². The number of nitrogens with zero attached hydrogens (tertiary/aromatic N) is 5. The SMILES string of the molecule is COC(OC)[C@@]1(C)Oc2ccc(N)cc2[C@H](N(C[N+]2(C)N=CN=N2)c2ccc(F)cc2C)[C@H]1O. The first kappa shape index (κ1) is 24.0. The molecule has 11 heteroatoms. The van der Waals surface area contributed by atoms with Crippen molar-refractivity contribution < 1.29 is 28.4 Å². The van der Waals surface area contributed by atoms with E-state index in [1.54, 1.807) is 45.2 Å². The Bertz CT molecular complexity index is 1110. The number of quaternary nitrogens is 1. The van der Waals surface area contributed by atoms with Crippen molar-refractivity contribution in [2.45, 2.75) is 37.9 Å². The Morgan fingerprint density at radius 1 is 1.26 bits per heavy atom. The second kappa shape index (κ2) is 8.91. The molecule has 0 amide bonds. The van der Waals surface area contributed by atoms with E-state index in [0.717, 1.165) is 0 Å². The maximum Gasteiger partial charge on any atom is 0.207 e. The van der Waals surface area contributed by atoms with Crippen molar-refractivity contribution in [1.29, 1.82) is 0 Å². The van der Waals surface area contributed by atoms with E-state index < -0.39 is 24.0 Å². The van der Waals surface area contributed by atoms with Gasteiger partial charge in [-0.15, -0.1) is 0 Å². The summed E-state index contributed by atoms with van der Waals surface area (Å²) in [5.41, 5.74) is 7.36. The minimum absolute atomic E-state index is 0.146. The molecule has 0 saturated carbocycles. The maximum atomic E-state index is 14.0. The monoisotopic (exact) mass is 473 g/mol. The number of fused-ring (bicyclic) bond motifs is 1. The molecule has 2 aromatic rings. The molecule has 4 rings (SSSR count). The minimum Gasteiger partial charge on any atom is -0.479 e. The number of halogens is 1. The van der Waals surface area contributed by atoms with Crippen LogP contribution in [0.5, 0.6) is 5.75 Å². The Morgan fingerprint density at radius 2 is 2.00 bits per heavy atom. The lowest BCUT2D eigenvalue weighted by atomic mass is 9.83. The number of anilines is 2. The number of hydrogen-bond acceptors (Lipinski definition) is 9. The number of aliphatic hydroxyl groups excluding tert-OH is 1. The van der Waals surface area contributed by atoms with Crippen molar-refractivity contribution in [3.63, 3.8) is 0 Å². The number of aryl methyl sites for hydroxylation is 1. The fraction of sp³-hybridized carbons (Fsp3) is 0.435. The van der Waals surface area contributed by atoms with Crippen LogP contribution in [0.2, 0.25) is 0 Å². The molecule has 3 N–H and O–H groups in total. The number of methoxy groups -OCH3 is 2. The van der Waals surface area contributed by atoms with Crippen LogP contribution in [-0.2, 0) is 9.47 Å². The van der Waals surface area contributed by atoms with Gasteiger partial charge in [-0.05, 0) is 65.6 Å². The lowest BCUT2D eigenvalue weighted by molar-refractivity contribution is -0.923. The van der Waals surface area contributed by atoms with E-state index in [1.165, 1.54) is 32.7 Å². The summed E-state index contributed by atoms with van der Waals surface area (Å²) in [6.45, 7) is 3.71. The number of benzene rings is 2. The minimum atomic E-state index is -1.29. The molecule has 2 aromatic carbocycles. The lowest BCUT2D eigenvalue weighted by Crippen LogP contribution is -2.63. The molecule has 4 atom stereocenters. The van der Waals surface area contributed by atoms with Gasteiger partial charge in [-0.2, -0.15) is 0 Å². The number of hydrogen-bond donors (Lipinski definition) is 2. The molecule has 182 valence electrons. The van der Waals surface area contributed by atoms with Crippen LogP contribution in [0.15, 0.2) is 51.8 Å². The van der Waals surface area contributed by atoms with Crippen LogP contribution in [0.3, 0.4) is 0 Å². The van der Waals surface area contributed by atoms with Gasteiger partial charge in [0.2, 0.25) is 13.0 Å². The average Bonchev–Trinajstić information content (AvgIpc) is 3.21. The summed E-state index contributed by atoms with van der Waals surface area (Å²) in [7, 11) is 4.74. The van der Waals surface area contributed by atoms with Gasteiger partial charge in [0.1, 0.15) is 24.7 Å². The van der Waals surface area contributed by atoms with Crippen LogP contribution in [0, 0.1) is 12.7 Å². The average molecular weight is 474 g/mol. The lowest BCUT2D eigenvalue weighted by Gasteiger charge is -2.50. The van der Waals surface area contributed by atoms with Gasteiger partial charge in [0, 0.05) is 31.2 Å². The Kier molecular flexibility index (Phi) is 6.30. The van der Waals surface area contributed by atoms with E-state index in [2.05, 4.69) is 15.4 Å². The van der Waals surface area contributed by atoms with E-state index >= 15 is 0 Å². The van der Waals surface area contributed by atoms with Gasteiger partial charge in [-0.1, -0.05) is 5.11 Å². The topological polar surface area (TPSA) is 114 Å². The molecule has 0 aromatic heterocycles. The van der Waals surface area contributed by atoms with Crippen LogP contribution < -0.4 is 15.4 Å². The molecular weight excluding hydrogens is 443 g/mol. The van der Waals surface area contributed by atoms with Gasteiger partial charge in [0.15, 0.2) is 11.9 Å². The molecule has 2 aliphatic heterocycles. The molecule has 2 heterocycles. The van der Waals surface area contributed by atoms with Crippen molar-refractivity contribution in [2.75, 3.05) is 38.6 Å². The van der Waals surface area contributed by atoms with Crippen molar-refractivity contribution in [3.05, 3.63) is 53.3 Å². The van der Waals surface area contributed by atoms with Gasteiger partial charge in [0.05, 0.1) is 11.3 Å². The molecule has 1 unspecified atom stereocenters. The highest BCUT2D eigenvalue weighted by atomic mass is 19.1. The van der Waals surface area contributed by atoms with E-state index in [1.807, 2.05) is 4.90 Å². The summed E-state index contributed by atoms with van der Waals surface area (Å²) in [6.07, 6.45) is -0.676. The predicted molar refractivity (Wildman–Crippen MR) is 124 cm³/mol. The molecular formula is C23H30FN6O4+. The van der Waals surface area contributed by atoms with Gasteiger partial charge in [-0.3, -0.25) is 0 Å². The highest BCUT2D eigenvalue weighted by Gasteiger charge is 2.55. The first-order valence-electron chi connectivity index (χ1n) is 10.8. The Hall–Kier alpha value is -3.12. The molecule has 10 nitrogen and oxygen atoms in total. The number of ether oxygens (including phenoxy) is 3. The van der Waals surface area contributed by atoms with E-state index in [-0.39, 0.29) is 17.2 Å². The van der Waals surface area contributed by atoms with Crippen LogP contribution in [-0.4, -0.2) is 62.1 Å². The molecule has 2 aliphatic rings. The van der Waals surface area contributed by atoms with Crippen LogP contribution in [0.1, 0.15) is 24.1 Å². The molecule has 0 saturated heterocycles. The fourth-order valence-corrected chi connectivity index (χ4v) is 4.66. The Balaban J connectivity index is 1.93. The first-order chi connectivity index (χ1) is 16.1. The molecule has 34 heavy (non-hydrogen) atoms. The number of nitrogens with two attached hydrogens (primary N) is 1. The zero-order chi connectivity index (χ0) is 24.7. The third kappa shape index (κ3) is 4.11. The summed E-state index contributed by atoms with van der Waals surface area (Å²) in [5.74, 6) is 0.159. The maximum absolute atomic E-state index is 14.0. The molecule has 0 radical (unpaired) electrons. The van der Waals surface area contributed by atoms with Crippen LogP contribution in [0.4, 0.5) is 15.8 Å². The summed E-state index contributed by atoms with van der Waals surface area (Å²) in [5, 5.41) is 24.3. The van der Waals surface area contributed by atoms with Crippen molar-refractivity contribution in [3.8, 4) is 5.75 Å². The van der Waals surface area contributed by atoms with Gasteiger partial charge in [-0.25, -0.2) is 4.39 Å². The smallest absolute Gasteiger partial charge is 0.207 e. The summed E-state index contributed by atoms with van der Waals surface area (Å²) >= 11 is 0. The van der Waals surface area contributed by atoms with Crippen LogP contribution in [0.25, 0.3) is 0 Å². The molecule has 0 fully saturated rings. The van der Waals surface area contributed by atoms with E-state index in [9.17, 15) is 9.50 Å². The molecule has 0 bridgehead atoms. The standard InChI is InChI=1S/C23H30FN6O4/c1-14-10-15(24)6-8-18(14)29(13-30(3)27-12-26-28-30)20-17-11-16(25)7-9-19(17)34-23(2,21(20)31)22(32-4)33-5/h6-12,20-22,31H,13,25H2,1-5H3/q+1/t20-,21+,23-,30?/m0/s1. The second-order valence-electron chi connectivity index (χ2n) is 8.84. The van der Waals surface area contributed by atoms with Gasteiger partial charge < -0.3 is 30.0 Å². The normalized spacial score (nSPS) is 27.6. The van der Waals surface area contributed by atoms with Gasteiger partial charge in [0.25, 0.3) is 0 Å². The zero-order valence-electron chi connectivity index (χ0n) is 19.8. The Morgan fingerprint density at radius 3 is 2.62 bits per heavy atom. The first-order valence-corrected chi connectivity index (χ1v) is 10.8.